The van der Waals surface area contributed by atoms with E-state index in [2.05, 4.69) is 10.6 Å². The fourth-order valence-corrected chi connectivity index (χ4v) is 2.78. The van der Waals surface area contributed by atoms with Gasteiger partial charge in [0, 0.05) is 25.1 Å². The largest absolute Gasteiger partial charge is 0.396 e. The minimum absolute atomic E-state index is 0.0609. The predicted molar refractivity (Wildman–Crippen MR) is 102 cm³/mol. The number of anilines is 1. The van der Waals surface area contributed by atoms with E-state index in [1.54, 1.807) is 30.3 Å². The second-order valence-corrected chi connectivity index (χ2v) is 6.48. The van der Waals surface area contributed by atoms with Gasteiger partial charge in [-0.05, 0) is 29.7 Å². The summed E-state index contributed by atoms with van der Waals surface area (Å²) < 4.78 is 40.0. The molecule has 1 atom stereocenters. The van der Waals surface area contributed by atoms with Gasteiger partial charge in [0.25, 0.3) is 0 Å². The van der Waals surface area contributed by atoms with Gasteiger partial charge in [-0.3, -0.25) is 9.59 Å². The maximum Gasteiger partial charge on any atom is 0.396 e. The quantitative estimate of drug-likeness (QED) is 0.679. The van der Waals surface area contributed by atoms with Gasteiger partial charge in [-0.1, -0.05) is 49.4 Å². The van der Waals surface area contributed by atoms with Gasteiger partial charge in [0.05, 0.1) is 5.92 Å². The number of nitrogens with one attached hydrogen (secondary N) is 2. The second kappa shape index (κ2) is 9.92. The summed E-state index contributed by atoms with van der Waals surface area (Å²) in [5.74, 6) is -2.65. The van der Waals surface area contributed by atoms with Crippen LogP contribution in [0.4, 0.5) is 18.9 Å². The molecule has 0 saturated carbocycles. The standard InChI is InChI=1S/C21H23F3N2O2/c1-2-7-19(27)26-17-11-6-8-15(12-17)14-25-20(28)13-18(21(22,23)24)16-9-4-3-5-10-16/h3-6,8-12,18H,2,7,13-14H2,1H3,(H,25,28)(H,26,27). The summed E-state index contributed by atoms with van der Waals surface area (Å²) in [5.41, 5.74) is 1.33. The Hall–Kier alpha value is -2.83. The van der Waals surface area contributed by atoms with Crippen molar-refractivity contribution in [2.45, 2.75) is 44.8 Å². The van der Waals surface area contributed by atoms with Crippen LogP contribution in [0, 0.1) is 0 Å². The number of rotatable bonds is 8. The Morgan fingerprint density at radius 2 is 1.71 bits per heavy atom. The molecule has 0 aliphatic heterocycles. The van der Waals surface area contributed by atoms with Crippen LogP contribution in [0.5, 0.6) is 0 Å². The molecule has 0 heterocycles. The van der Waals surface area contributed by atoms with Crippen LogP contribution in [0.2, 0.25) is 0 Å². The van der Waals surface area contributed by atoms with E-state index in [4.69, 9.17) is 0 Å². The summed E-state index contributed by atoms with van der Waals surface area (Å²) in [6.07, 6.45) is -4.06. The molecule has 28 heavy (non-hydrogen) atoms. The Morgan fingerprint density at radius 1 is 1.00 bits per heavy atom. The molecule has 0 bridgehead atoms. The number of carbonyl (C=O) groups excluding carboxylic acids is 2. The molecule has 0 spiro atoms. The van der Waals surface area contributed by atoms with Crippen LogP contribution in [0.15, 0.2) is 54.6 Å². The molecule has 0 fully saturated rings. The molecule has 4 nitrogen and oxygen atoms in total. The Balaban J connectivity index is 1.96. The Morgan fingerprint density at radius 3 is 2.36 bits per heavy atom. The third-order valence-electron chi connectivity index (χ3n) is 4.16. The van der Waals surface area contributed by atoms with Crippen molar-refractivity contribution in [2.24, 2.45) is 0 Å². The topological polar surface area (TPSA) is 58.2 Å². The van der Waals surface area contributed by atoms with E-state index in [1.807, 2.05) is 6.92 Å². The van der Waals surface area contributed by atoms with Crippen molar-refractivity contribution in [3.05, 3.63) is 65.7 Å². The first-order valence-corrected chi connectivity index (χ1v) is 9.06. The lowest BCUT2D eigenvalue weighted by molar-refractivity contribution is -0.157. The van der Waals surface area contributed by atoms with Gasteiger partial charge in [0.1, 0.15) is 0 Å². The predicted octanol–water partition coefficient (Wildman–Crippen LogP) is 4.78. The number of benzene rings is 2. The highest BCUT2D eigenvalue weighted by Crippen LogP contribution is 2.37. The first-order valence-electron chi connectivity index (χ1n) is 9.06. The lowest BCUT2D eigenvalue weighted by atomic mass is 9.95. The van der Waals surface area contributed by atoms with Gasteiger partial charge < -0.3 is 10.6 Å². The van der Waals surface area contributed by atoms with Crippen molar-refractivity contribution in [3.8, 4) is 0 Å². The zero-order chi connectivity index (χ0) is 20.6. The van der Waals surface area contributed by atoms with Crippen molar-refractivity contribution in [1.29, 1.82) is 0 Å². The fraction of sp³-hybridized carbons (Fsp3) is 0.333. The molecular weight excluding hydrogens is 369 g/mol. The molecule has 2 rings (SSSR count). The number of hydrogen-bond acceptors (Lipinski definition) is 2. The fourth-order valence-electron chi connectivity index (χ4n) is 2.78. The number of carbonyl (C=O) groups is 2. The van der Waals surface area contributed by atoms with Gasteiger partial charge in [-0.2, -0.15) is 13.2 Å². The van der Waals surface area contributed by atoms with Crippen LogP contribution < -0.4 is 10.6 Å². The van der Waals surface area contributed by atoms with E-state index >= 15 is 0 Å². The SMILES string of the molecule is CCCC(=O)Nc1cccc(CNC(=O)CC(c2ccccc2)C(F)(F)F)c1. The molecule has 7 heteroatoms. The first-order chi connectivity index (χ1) is 13.3. The molecule has 2 aromatic rings. The van der Waals surface area contributed by atoms with Crippen LogP contribution in [-0.4, -0.2) is 18.0 Å². The van der Waals surface area contributed by atoms with Crippen molar-refractivity contribution >= 4 is 17.5 Å². The third kappa shape index (κ3) is 6.72. The average molecular weight is 392 g/mol. The van der Waals surface area contributed by atoms with Crippen LogP contribution in [0.3, 0.4) is 0 Å². The van der Waals surface area contributed by atoms with E-state index in [9.17, 15) is 22.8 Å². The van der Waals surface area contributed by atoms with Gasteiger partial charge in [-0.15, -0.1) is 0 Å². The third-order valence-corrected chi connectivity index (χ3v) is 4.16. The zero-order valence-corrected chi connectivity index (χ0v) is 15.6. The Kier molecular flexibility index (Phi) is 7.61. The molecule has 2 N–H and O–H groups in total. The number of halogens is 3. The minimum Gasteiger partial charge on any atom is -0.352 e. The van der Waals surface area contributed by atoms with Crippen LogP contribution in [0.1, 0.15) is 43.2 Å². The molecule has 2 amide bonds. The Labute approximate surface area is 162 Å². The average Bonchev–Trinajstić information content (AvgIpc) is 2.65. The minimum atomic E-state index is -4.51. The Bertz CT molecular complexity index is 792. The summed E-state index contributed by atoms with van der Waals surface area (Å²) in [6.45, 7) is 1.98. The normalized spacial score (nSPS) is 12.3. The molecule has 0 aliphatic rings. The highest BCUT2D eigenvalue weighted by Gasteiger charge is 2.41. The van der Waals surface area contributed by atoms with Gasteiger partial charge in [-0.25, -0.2) is 0 Å². The smallest absolute Gasteiger partial charge is 0.352 e. The summed E-state index contributed by atoms with van der Waals surface area (Å²) in [7, 11) is 0. The highest BCUT2D eigenvalue weighted by molar-refractivity contribution is 5.90. The van der Waals surface area contributed by atoms with Crippen molar-refractivity contribution in [2.75, 3.05) is 5.32 Å². The number of alkyl halides is 3. The van der Waals surface area contributed by atoms with Crippen molar-refractivity contribution in [1.82, 2.24) is 5.32 Å². The van der Waals surface area contributed by atoms with E-state index in [0.717, 1.165) is 6.42 Å². The monoisotopic (exact) mass is 392 g/mol. The molecule has 2 aromatic carbocycles. The van der Waals surface area contributed by atoms with Gasteiger partial charge in [0.2, 0.25) is 11.8 Å². The van der Waals surface area contributed by atoms with Gasteiger partial charge in [0.15, 0.2) is 0 Å². The molecule has 0 saturated heterocycles. The number of amides is 2. The van der Waals surface area contributed by atoms with Crippen LogP contribution >= 0.6 is 0 Å². The maximum atomic E-state index is 13.3. The summed E-state index contributed by atoms with van der Waals surface area (Å²) >= 11 is 0. The first kappa shape index (κ1) is 21.5. The molecule has 0 aliphatic carbocycles. The summed E-state index contributed by atoms with van der Waals surface area (Å²) in [6, 6.07) is 14.2. The van der Waals surface area contributed by atoms with E-state index in [1.165, 1.54) is 24.3 Å². The van der Waals surface area contributed by atoms with Crippen LogP contribution in [-0.2, 0) is 16.1 Å². The van der Waals surface area contributed by atoms with E-state index < -0.39 is 24.4 Å². The molecular formula is C21H23F3N2O2. The van der Waals surface area contributed by atoms with E-state index in [0.29, 0.717) is 17.7 Å². The van der Waals surface area contributed by atoms with Crippen LogP contribution in [0.25, 0.3) is 0 Å². The molecule has 1 unspecified atom stereocenters. The molecule has 0 aromatic heterocycles. The summed E-state index contributed by atoms with van der Waals surface area (Å²) in [4.78, 5) is 23.8. The lowest BCUT2D eigenvalue weighted by Crippen LogP contribution is -2.30. The summed E-state index contributed by atoms with van der Waals surface area (Å²) in [5, 5.41) is 5.27. The second-order valence-electron chi connectivity index (χ2n) is 6.48. The zero-order valence-electron chi connectivity index (χ0n) is 15.6. The van der Waals surface area contributed by atoms with Crippen molar-refractivity contribution < 1.29 is 22.8 Å². The van der Waals surface area contributed by atoms with Gasteiger partial charge >= 0.3 is 6.18 Å². The van der Waals surface area contributed by atoms with Crippen molar-refractivity contribution in [3.63, 3.8) is 0 Å². The maximum absolute atomic E-state index is 13.3. The molecule has 150 valence electrons. The number of hydrogen-bond donors (Lipinski definition) is 2. The lowest BCUT2D eigenvalue weighted by Gasteiger charge is -2.20. The highest BCUT2D eigenvalue weighted by atomic mass is 19.4. The molecule has 0 radical (unpaired) electrons. The van der Waals surface area contributed by atoms with E-state index in [-0.39, 0.29) is 18.0 Å².